The van der Waals surface area contributed by atoms with Crippen LogP contribution in [0.1, 0.15) is 13.8 Å². The summed E-state index contributed by atoms with van der Waals surface area (Å²) in [6.07, 6.45) is 0.00676. The minimum atomic E-state index is -0.376. The third-order valence-electron chi connectivity index (χ3n) is 2.10. The summed E-state index contributed by atoms with van der Waals surface area (Å²) in [4.78, 5) is 3.95. The molecule has 0 aromatic heterocycles. The van der Waals surface area contributed by atoms with E-state index in [-0.39, 0.29) is 17.7 Å². The summed E-state index contributed by atoms with van der Waals surface area (Å²) in [5.41, 5.74) is 5.00. The molecule has 0 saturated carbocycles. The van der Waals surface area contributed by atoms with E-state index in [0.717, 1.165) is 0 Å². The Balaban J connectivity index is 2.58. The second-order valence-corrected chi connectivity index (χ2v) is 2.95. The van der Waals surface area contributed by atoms with Crippen LogP contribution in [0.4, 0.5) is 0 Å². The van der Waals surface area contributed by atoms with Crippen LogP contribution >= 0.6 is 0 Å². The van der Waals surface area contributed by atoms with Crippen molar-refractivity contribution in [3.8, 4) is 0 Å². The van der Waals surface area contributed by atoms with Crippen molar-refractivity contribution in [1.29, 1.82) is 0 Å². The van der Waals surface area contributed by atoms with Gasteiger partial charge in [0.1, 0.15) is 0 Å². The quantitative estimate of drug-likeness (QED) is 0.621. The van der Waals surface area contributed by atoms with Crippen LogP contribution in [0.3, 0.4) is 0 Å². The first-order chi connectivity index (χ1) is 5.08. The highest BCUT2D eigenvalue weighted by atomic mass is 16.6. The molecule has 0 spiro atoms. The summed E-state index contributed by atoms with van der Waals surface area (Å²) in [6, 6.07) is 0.261. The molecule has 0 aliphatic carbocycles. The standard InChI is InChI=1S/C7H14N2O2/c1-5(10-3)7(2)4-9-6(8)11-7/h5H,4H2,1-3H3,(H2,8,9). The Morgan fingerprint density at radius 3 is 2.82 bits per heavy atom. The Morgan fingerprint density at radius 1 is 1.82 bits per heavy atom. The van der Waals surface area contributed by atoms with E-state index in [1.54, 1.807) is 7.11 Å². The number of aliphatic imine (C=N–C) groups is 1. The molecule has 0 aromatic carbocycles. The first-order valence-electron chi connectivity index (χ1n) is 3.60. The van der Waals surface area contributed by atoms with Crippen LogP contribution in [-0.2, 0) is 9.47 Å². The lowest BCUT2D eigenvalue weighted by Crippen LogP contribution is -2.42. The topological polar surface area (TPSA) is 56.8 Å². The molecule has 4 heteroatoms. The number of amidine groups is 1. The van der Waals surface area contributed by atoms with Gasteiger partial charge in [-0.15, -0.1) is 0 Å². The average Bonchev–Trinajstić information content (AvgIpc) is 2.31. The van der Waals surface area contributed by atoms with Gasteiger partial charge in [-0.05, 0) is 13.8 Å². The molecule has 1 rings (SSSR count). The molecule has 0 radical (unpaired) electrons. The highest BCUT2D eigenvalue weighted by molar-refractivity contribution is 5.73. The second-order valence-electron chi connectivity index (χ2n) is 2.95. The third-order valence-corrected chi connectivity index (χ3v) is 2.10. The van der Waals surface area contributed by atoms with Gasteiger partial charge in [-0.1, -0.05) is 0 Å². The normalized spacial score (nSPS) is 32.8. The Labute approximate surface area is 66.4 Å². The summed E-state index contributed by atoms with van der Waals surface area (Å²) >= 11 is 0. The van der Waals surface area contributed by atoms with E-state index in [1.165, 1.54) is 0 Å². The predicted molar refractivity (Wildman–Crippen MR) is 42.5 cm³/mol. The molecule has 1 heterocycles. The highest BCUT2D eigenvalue weighted by Gasteiger charge is 2.38. The lowest BCUT2D eigenvalue weighted by Gasteiger charge is -2.28. The van der Waals surface area contributed by atoms with Gasteiger partial charge >= 0.3 is 0 Å². The van der Waals surface area contributed by atoms with Crippen molar-refractivity contribution in [2.45, 2.75) is 25.6 Å². The maximum Gasteiger partial charge on any atom is 0.282 e. The highest BCUT2D eigenvalue weighted by Crippen LogP contribution is 2.22. The third kappa shape index (κ3) is 1.45. The Bertz CT molecular complexity index is 181. The number of hydrogen-bond donors (Lipinski definition) is 1. The van der Waals surface area contributed by atoms with Crippen molar-refractivity contribution < 1.29 is 9.47 Å². The first kappa shape index (κ1) is 8.33. The molecule has 11 heavy (non-hydrogen) atoms. The monoisotopic (exact) mass is 158 g/mol. The number of hydrogen-bond acceptors (Lipinski definition) is 4. The molecule has 4 nitrogen and oxygen atoms in total. The van der Waals surface area contributed by atoms with Crippen LogP contribution in [0.15, 0.2) is 4.99 Å². The summed E-state index contributed by atoms with van der Waals surface area (Å²) in [7, 11) is 1.65. The van der Waals surface area contributed by atoms with Gasteiger partial charge in [-0.3, -0.25) is 0 Å². The van der Waals surface area contributed by atoms with Crippen molar-refractivity contribution in [3.05, 3.63) is 0 Å². The zero-order valence-corrected chi connectivity index (χ0v) is 7.13. The molecular formula is C7H14N2O2. The van der Waals surface area contributed by atoms with Gasteiger partial charge in [-0.2, -0.15) is 0 Å². The van der Waals surface area contributed by atoms with Crippen molar-refractivity contribution in [2.24, 2.45) is 10.7 Å². The maximum atomic E-state index is 5.38. The van der Waals surface area contributed by atoms with Gasteiger partial charge in [0.05, 0.1) is 12.6 Å². The van der Waals surface area contributed by atoms with E-state index in [4.69, 9.17) is 15.2 Å². The van der Waals surface area contributed by atoms with Gasteiger partial charge in [0.15, 0.2) is 5.60 Å². The molecule has 0 saturated heterocycles. The number of ether oxygens (including phenoxy) is 2. The van der Waals surface area contributed by atoms with E-state index in [9.17, 15) is 0 Å². The number of rotatable bonds is 2. The SMILES string of the molecule is COC(C)C1(C)CN=C(N)O1. The fourth-order valence-corrected chi connectivity index (χ4v) is 0.999. The van der Waals surface area contributed by atoms with E-state index in [2.05, 4.69) is 4.99 Å². The van der Waals surface area contributed by atoms with E-state index >= 15 is 0 Å². The molecule has 64 valence electrons. The van der Waals surface area contributed by atoms with Crippen LogP contribution in [0.2, 0.25) is 0 Å². The molecule has 0 bridgehead atoms. The van der Waals surface area contributed by atoms with Crippen LogP contribution in [-0.4, -0.2) is 31.4 Å². The van der Waals surface area contributed by atoms with Gasteiger partial charge in [0.2, 0.25) is 0 Å². The number of nitrogens with two attached hydrogens (primary N) is 1. The van der Waals surface area contributed by atoms with Crippen molar-refractivity contribution in [1.82, 2.24) is 0 Å². The van der Waals surface area contributed by atoms with Crippen LogP contribution in [0, 0.1) is 0 Å². The fraction of sp³-hybridized carbons (Fsp3) is 0.857. The van der Waals surface area contributed by atoms with Crippen molar-refractivity contribution in [2.75, 3.05) is 13.7 Å². The van der Waals surface area contributed by atoms with Crippen LogP contribution in [0.25, 0.3) is 0 Å². The lowest BCUT2D eigenvalue weighted by atomic mass is 10.0. The molecule has 0 fully saturated rings. The van der Waals surface area contributed by atoms with E-state index < -0.39 is 0 Å². The largest absolute Gasteiger partial charge is 0.454 e. The van der Waals surface area contributed by atoms with Crippen LogP contribution < -0.4 is 5.73 Å². The fourth-order valence-electron chi connectivity index (χ4n) is 0.999. The van der Waals surface area contributed by atoms with Gasteiger partial charge in [0, 0.05) is 7.11 Å². The maximum absolute atomic E-state index is 5.38. The molecule has 2 atom stereocenters. The molecule has 2 N–H and O–H groups in total. The van der Waals surface area contributed by atoms with E-state index in [0.29, 0.717) is 6.54 Å². The second kappa shape index (κ2) is 2.70. The molecule has 2 unspecified atom stereocenters. The van der Waals surface area contributed by atoms with Crippen molar-refractivity contribution in [3.63, 3.8) is 0 Å². The molecule has 0 amide bonds. The average molecular weight is 158 g/mol. The minimum absolute atomic E-state index is 0.00676. The summed E-state index contributed by atoms with van der Waals surface area (Å²) < 4.78 is 10.4. The summed E-state index contributed by atoms with van der Waals surface area (Å²) in [6.45, 7) is 4.45. The molecule has 1 aliphatic rings. The Hall–Kier alpha value is -0.770. The minimum Gasteiger partial charge on any atom is -0.454 e. The number of methoxy groups -OCH3 is 1. The first-order valence-corrected chi connectivity index (χ1v) is 3.60. The van der Waals surface area contributed by atoms with Gasteiger partial charge in [0.25, 0.3) is 6.02 Å². The zero-order valence-electron chi connectivity index (χ0n) is 7.13. The Kier molecular flexibility index (Phi) is 2.04. The van der Waals surface area contributed by atoms with Crippen molar-refractivity contribution >= 4 is 6.02 Å². The van der Waals surface area contributed by atoms with E-state index in [1.807, 2.05) is 13.8 Å². The van der Waals surface area contributed by atoms with Gasteiger partial charge < -0.3 is 15.2 Å². The molecule has 1 aliphatic heterocycles. The predicted octanol–water partition coefficient (Wildman–Crippen LogP) is 0.125. The smallest absolute Gasteiger partial charge is 0.282 e. The summed E-state index contributed by atoms with van der Waals surface area (Å²) in [5, 5.41) is 0. The number of nitrogens with zero attached hydrogens (tertiary/aromatic N) is 1. The molecular weight excluding hydrogens is 144 g/mol. The lowest BCUT2D eigenvalue weighted by molar-refractivity contribution is -0.0450. The molecule has 0 aromatic rings. The zero-order chi connectivity index (χ0) is 8.48. The van der Waals surface area contributed by atoms with Gasteiger partial charge in [-0.25, -0.2) is 4.99 Å². The summed E-state index contributed by atoms with van der Waals surface area (Å²) in [5.74, 6) is 0. The Morgan fingerprint density at radius 2 is 2.45 bits per heavy atom. The van der Waals surface area contributed by atoms with Crippen LogP contribution in [0.5, 0.6) is 0 Å².